The predicted octanol–water partition coefficient (Wildman–Crippen LogP) is 3.31. The molecule has 42 heavy (non-hydrogen) atoms. The van der Waals surface area contributed by atoms with Crippen LogP contribution in [-0.2, 0) is 47.7 Å². The van der Waals surface area contributed by atoms with Crippen molar-refractivity contribution >= 4 is 69.8 Å². The molecule has 2 aliphatic rings. The second-order valence-corrected chi connectivity index (χ2v) is 11.1. The van der Waals surface area contributed by atoms with Crippen LogP contribution in [-0.4, -0.2) is 71.4 Å². The summed E-state index contributed by atoms with van der Waals surface area (Å²) >= 11 is 2.37. The van der Waals surface area contributed by atoms with Gasteiger partial charge >= 0.3 is 23.9 Å². The third-order valence-corrected chi connectivity index (χ3v) is 7.75. The molecule has 0 spiro atoms. The van der Waals surface area contributed by atoms with E-state index in [9.17, 15) is 24.0 Å². The second-order valence-electron chi connectivity index (χ2n) is 9.10. The Morgan fingerprint density at radius 1 is 0.905 bits per heavy atom. The normalized spacial score (nSPS) is 24.6. The first-order chi connectivity index (χ1) is 20.0. The Balaban J connectivity index is 1.77. The standard InChI is InChI=1S/C28H28N2O10S2/c1-15(31)36-14-22-23(37-16(2)32)24(38-17(3)33)25(39-18(4)34)27(40-22)42-28-29-21(13-20-11-8-12-41-20)26(35)30(28)19-9-6-5-7-10-19/h5-13,22-25,27H,14H2,1-4H3/b21-13+/t22-,23+,24+,25-,27+/m1/s1. The maximum atomic E-state index is 13.6. The third-order valence-electron chi connectivity index (χ3n) is 5.84. The number of thioether (sulfide) groups is 1. The van der Waals surface area contributed by atoms with E-state index in [1.807, 2.05) is 17.5 Å². The zero-order valence-corrected chi connectivity index (χ0v) is 24.7. The van der Waals surface area contributed by atoms with Crippen molar-refractivity contribution in [1.82, 2.24) is 0 Å². The van der Waals surface area contributed by atoms with E-state index in [2.05, 4.69) is 4.99 Å². The van der Waals surface area contributed by atoms with E-state index in [4.69, 9.17) is 23.7 Å². The van der Waals surface area contributed by atoms with Crippen molar-refractivity contribution in [1.29, 1.82) is 0 Å². The molecule has 3 heterocycles. The van der Waals surface area contributed by atoms with Crippen LogP contribution in [0.25, 0.3) is 6.08 Å². The van der Waals surface area contributed by atoms with Crippen LogP contribution in [0.5, 0.6) is 0 Å². The number of ether oxygens (including phenoxy) is 5. The van der Waals surface area contributed by atoms with Gasteiger partial charge in [-0.3, -0.25) is 28.9 Å². The van der Waals surface area contributed by atoms with Gasteiger partial charge in [0.15, 0.2) is 28.9 Å². The molecule has 4 rings (SSSR count). The highest BCUT2D eigenvalue weighted by atomic mass is 32.2. The summed E-state index contributed by atoms with van der Waals surface area (Å²) in [4.78, 5) is 68.4. The van der Waals surface area contributed by atoms with Gasteiger partial charge in [0.1, 0.15) is 18.4 Å². The number of carbonyl (C=O) groups is 5. The predicted molar refractivity (Wildman–Crippen MR) is 153 cm³/mol. The summed E-state index contributed by atoms with van der Waals surface area (Å²) in [6, 6.07) is 12.5. The molecular weight excluding hydrogens is 588 g/mol. The van der Waals surface area contributed by atoms with Crippen LogP contribution < -0.4 is 4.90 Å². The van der Waals surface area contributed by atoms with E-state index < -0.39 is 59.6 Å². The zero-order valence-electron chi connectivity index (χ0n) is 23.1. The maximum absolute atomic E-state index is 13.6. The number of aliphatic imine (C=N–C) groups is 1. The van der Waals surface area contributed by atoms with E-state index in [1.165, 1.54) is 23.2 Å². The summed E-state index contributed by atoms with van der Waals surface area (Å²) in [6.45, 7) is 4.28. The Kier molecular flexibility index (Phi) is 10.1. The van der Waals surface area contributed by atoms with Gasteiger partial charge in [0.25, 0.3) is 5.91 Å². The van der Waals surface area contributed by atoms with Gasteiger partial charge in [-0.25, -0.2) is 4.99 Å². The summed E-state index contributed by atoms with van der Waals surface area (Å²) < 4.78 is 27.9. The fourth-order valence-electron chi connectivity index (χ4n) is 4.28. The van der Waals surface area contributed by atoms with Crippen LogP contribution in [0, 0.1) is 0 Å². The number of anilines is 1. The minimum atomic E-state index is -1.34. The summed E-state index contributed by atoms with van der Waals surface area (Å²) in [6.07, 6.45) is -3.42. The lowest BCUT2D eigenvalue weighted by Gasteiger charge is -2.44. The number of benzene rings is 1. The summed E-state index contributed by atoms with van der Waals surface area (Å²) in [5, 5.41) is 2.06. The lowest BCUT2D eigenvalue weighted by molar-refractivity contribution is -0.237. The molecule has 0 aliphatic carbocycles. The molecule has 2 aromatic rings. The number of esters is 4. The average Bonchev–Trinajstić information content (AvgIpc) is 3.54. The fourth-order valence-corrected chi connectivity index (χ4v) is 6.12. The van der Waals surface area contributed by atoms with Gasteiger partial charge in [0, 0.05) is 32.6 Å². The van der Waals surface area contributed by atoms with Crippen molar-refractivity contribution < 1.29 is 47.7 Å². The summed E-state index contributed by atoms with van der Waals surface area (Å²) in [7, 11) is 0. The molecule has 1 aromatic carbocycles. The van der Waals surface area contributed by atoms with Gasteiger partial charge in [0.05, 0.1) is 5.69 Å². The number of nitrogens with zero attached hydrogens (tertiary/aromatic N) is 2. The Morgan fingerprint density at radius 3 is 2.14 bits per heavy atom. The number of amides is 1. The highest BCUT2D eigenvalue weighted by Crippen LogP contribution is 2.38. The van der Waals surface area contributed by atoms with Gasteiger partial charge in [-0.05, 0) is 29.7 Å². The Hall–Kier alpha value is -4.01. The van der Waals surface area contributed by atoms with E-state index >= 15 is 0 Å². The molecule has 0 radical (unpaired) electrons. The quantitative estimate of drug-likeness (QED) is 0.244. The minimum absolute atomic E-state index is 0.162. The largest absolute Gasteiger partial charge is 0.463 e. The Morgan fingerprint density at radius 2 is 1.55 bits per heavy atom. The molecular formula is C28H28N2O10S2. The van der Waals surface area contributed by atoms with Crippen LogP contribution in [0.2, 0.25) is 0 Å². The van der Waals surface area contributed by atoms with Gasteiger partial charge in [-0.1, -0.05) is 36.0 Å². The maximum Gasteiger partial charge on any atom is 0.303 e. The van der Waals surface area contributed by atoms with Crippen LogP contribution >= 0.6 is 23.1 Å². The van der Waals surface area contributed by atoms with Gasteiger partial charge in [-0.2, -0.15) is 0 Å². The van der Waals surface area contributed by atoms with Crippen LogP contribution in [0.4, 0.5) is 5.69 Å². The zero-order chi connectivity index (χ0) is 30.4. The summed E-state index contributed by atoms with van der Waals surface area (Å²) in [5.41, 5.74) is -0.465. The fraction of sp³-hybridized carbons (Fsp3) is 0.357. The molecule has 1 fully saturated rings. The van der Waals surface area contributed by atoms with Crippen molar-refractivity contribution in [3.05, 3.63) is 58.4 Å². The monoisotopic (exact) mass is 616 g/mol. The van der Waals surface area contributed by atoms with Gasteiger partial charge in [-0.15, -0.1) is 11.3 Å². The molecule has 222 valence electrons. The number of thiophene rings is 1. The van der Waals surface area contributed by atoms with Crippen molar-refractivity contribution in [3.8, 4) is 0 Å². The first-order valence-corrected chi connectivity index (χ1v) is 14.5. The van der Waals surface area contributed by atoms with Crippen molar-refractivity contribution in [3.63, 3.8) is 0 Å². The first kappa shape index (κ1) is 30.9. The van der Waals surface area contributed by atoms with Crippen LogP contribution in [0.1, 0.15) is 32.6 Å². The first-order valence-electron chi connectivity index (χ1n) is 12.7. The number of hydrogen-bond acceptors (Lipinski definition) is 13. The average molecular weight is 617 g/mol. The van der Waals surface area contributed by atoms with E-state index in [1.54, 1.807) is 36.4 Å². The smallest absolute Gasteiger partial charge is 0.303 e. The number of carbonyl (C=O) groups excluding carboxylic acids is 5. The second kappa shape index (κ2) is 13.8. The number of amidine groups is 1. The van der Waals surface area contributed by atoms with Crippen molar-refractivity contribution in [2.45, 2.75) is 57.5 Å². The number of para-hydroxylation sites is 1. The Bertz CT molecular complexity index is 1390. The number of hydrogen-bond donors (Lipinski definition) is 0. The molecule has 12 nitrogen and oxygen atoms in total. The molecule has 0 N–H and O–H groups in total. The number of rotatable bonds is 8. The molecule has 2 aliphatic heterocycles. The van der Waals surface area contributed by atoms with E-state index in [0.717, 1.165) is 37.4 Å². The summed E-state index contributed by atoms with van der Waals surface area (Å²) in [5.74, 6) is -3.23. The van der Waals surface area contributed by atoms with Crippen molar-refractivity contribution in [2.75, 3.05) is 11.5 Å². The minimum Gasteiger partial charge on any atom is -0.463 e. The molecule has 1 aromatic heterocycles. The molecule has 1 amide bonds. The SMILES string of the molecule is CC(=O)OC[C@H]1O[C@@H](SC2=N/C(=C/c3cccs3)C(=O)N2c2ccccc2)[C@H](OC(C)=O)[C@@H](OC(C)=O)[C@H]1OC(C)=O. The molecule has 0 unspecified atom stereocenters. The van der Waals surface area contributed by atoms with Crippen LogP contribution in [0.3, 0.4) is 0 Å². The Labute approximate surface area is 249 Å². The van der Waals surface area contributed by atoms with E-state index in [-0.39, 0.29) is 17.5 Å². The van der Waals surface area contributed by atoms with E-state index in [0.29, 0.717) is 5.69 Å². The molecule has 5 atom stereocenters. The van der Waals surface area contributed by atoms with Crippen LogP contribution in [0.15, 0.2) is 58.5 Å². The molecule has 0 saturated carbocycles. The topological polar surface area (TPSA) is 147 Å². The molecule has 1 saturated heterocycles. The highest BCUT2D eigenvalue weighted by Gasteiger charge is 2.53. The molecule has 0 bridgehead atoms. The third kappa shape index (κ3) is 7.63. The van der Waals surface area contributed by atoms with Gasteiger partial charge in [0.2, 0.25) is 0 Å². The van der Waals surface area contributed by atoms with Crippen molar-refractivity contribution in [2.24, 2.45) is 4.99 Å². The lowest BCUT2D eigenvalue weighted by Crippen LogP contribution is -2.61. The van der Waals surface area contributed by atoms with Gasteiger partial charge < -0.3 is 23.7 Å². The highest BCUT2D eigenvalue weighted by molar-refractivity contribution is 8.14. The molecule has 14 heteroatoms. The lowest BCUT2D eigenvalue weighted by atomic mass is 9.99.